The summed E-state index contributed by atoms with van der Waals surface area (Å²) < 4.78 is 42.5. The molecule has 0 fully saturated rings. The summed E-state index contributed by atoms with van der Waals surface area (Å²) in [6.45, 7) is 6.00. The van der Waals surface area contributed by atoms with Gasteiger partial charge >= 0.3 is 0 Å². The first kappa shape index (κ1) is 31.5. The lowest BCUT2D eigenvalue weighted by Gasteiger charge is -2.08. The molecule has 0 radical (unpaired) electrons. The van der Waals surface area contributed by atoms with Crippen LogP contribution in [0.15, 0.2) is 134 Å². The third-order valence-electron chi connectivity index (χ3n) is 6.20. The van der Waals surface area contributed by atoms with Gasteiger partial charge in [-0.05, 0) is 24.3 Å². The van der Waals surface area contributed by atoms with Gasteiger partial charge in [-0.1, -0.05) is 102 Å². The average Bonchev–Trinajstić information content (AvgIpc) is 3.76. The summed E-state index contributed by atoms with van der Waals surface area (Å²) in [4.78, 5) is 20.6. The first-order chi connectivity index (χ1) is 22.3. The Morgan fingerprint density at radius 3 is 1.78 bits per heavy atom. The molecule has 4 aromatic heterocycles. The van der Waals surface area contributed by atoms with E-state index in [4.69, 9.17) is 24.6 Å². The van der Waals surface area contributed by atoms with Crippen LogP contribution in [-0.2, 0) is 10.0 Å². The van der Waals surface area contributed by atoms with Crippen LogP contribution in [0.5, 0.6) is 0 Å². The molecular weight excluding hydrogens is 634 g/mol. The molecule has 7 aromatic rings. The Hall–Kier alpha value is -4.90. The second-order valence-corrected chi connectivity index (χ2v) is 11.3. The first-order valence-corrected chi connectivity index (χ1v) is 15.3. The maximum atomic E-state index is 12.9. The normalized spacial score (nSPS) is 10.9. The molecule has 0 saturated carbocycles. The highest BCUT2D eigenvalue weighted by atomic mass is 35.5. The number of rotatable bonds is 4. The number of halogens is 3. The highest BCUT2D eigenvalue weighted by Crippen LogP contribution is 2.28. The van der Waals surface area contributed by atoms with Crippen molar-refractivity contribution in [3.8, 4) is 22.8 Å². The van der Waals surface area contributed by atoms with E-state index in [1.165, 1.54) is 6.20 Å². The van der Waals surface area contributed by atoms with Crippen LogP contribution in [0.4, 0.5) is 4.39 Å². The standard InChI is InChI=1S/C18H12ClN3O2S.C12H8ClN3.C2H4.CH3F/c19-16-15-11-12-22(25(23,24)14-9-5-2-6-10-14)18(15)21-17(20-16)13-7-3-1-4-8-13;13-10-9-6-7-14-12(9)16-11(15-10)8-4-2-1-3-5-8;2*1-2/h1-12H;1-7H,(H,14,15,16);1-2H2;1H3/i;;;1D. The van der Waals surface area contributed by atoms with E-state index in [-0.39, 0.29) is 15.7 Å². The molecular formula is C33H27Cl2FN6O2S. The van der Waals surface area contributed by atoms with Crippen LogP contribution in [0.3, 0.4) is 0 Å². The second kappa shape index (κ2) is 15.2. The summed E-state index contributed by atoms with van der Waals surface area (Å²) in [5, 5.41) is 2.03. The quantitative estimate of drug-likeness (QED) is 0.149. The minimum atomic E-state index is -3.77. The minimum Gasteiger partial charge on any atom is -0.346 e. The number of benzene rings is 3. The molecule has 4 heterocycles. The molecule has 7 rings (SSSR count). The number of nitrogens with one attached hydrogen (secondary N) is 1. The van der Waals surface area contributed by atoms with E-state index < -0.39 is 17.2 Å². The van der Waals surface area contributed by atoms with Crippen LogP contribution in [-0.4, -0.2) is 44.5 Å². The van der Waals surface area contributed by atoms with Crippen molar-refractivity contribution in [2.45, 2.75) is 4.90 Å². The summed E-state index contributed by atoms with van der Waals surface area (Å²) in [5.74, 6) is 1.02. The summed E-state index contributed by atoms with van der Waals surface area (Å²) >= 11 is 12.3. The Kier molecular flexibility index (Phi) is 10.7. The SMILES string of the molecule is C=C.Clc1nc(-c2ccccc2)nc2[nH]ccc12.O=S(=O)(c1ccccc1)n1ccc2c(Cl)nc(-c3ccccc3)nc21.[2H]CF. The largest absolute Gasteiger partial charge is 0.346 e. The number of aromatic amines is 1. The van der Waals surface area contributed by atoms with Crippen molar-refractivity contribution in [1.29, 1.82) is 0 Å². The van der Waals surface area contributed by atoms with Gasteiger partial charge in [-0.2, -0.15) is 0 Å². The molecule has 0 spiro atoms. The summed E-state index contributed by atoms with van der Waals surface area (Å²) in [6, 6.07) is 30.7. The zero-order chi connectivity index (χ0) is 33.1. The topological polar surface area (TPSA) is 106 Å². The molecule has 0 aliphatic rings. The Labute approximate surface area is 271 Å². The van der Waals surface area contributed by atoms with Crippen molar-refractivity contribution in [1.82, 2.24) is 28.9 Å². The van der Waals surface area contributed by atoms with Gasteiger partial charge in [0.2, 0.25) is 0 Å². The predicted molar refractivity (Wildman–Crippen MR) is 180 cm³/mol. The lowest BCUT2D eigenvalue weighted by Crippen LogP contribution is -2.12. The number of alkyl halides is 1. The van der Waals surface area contributed by atoms with Gasteiger partial charge in [0.05, 0.1) is 24.2 Å². The number of fused-ring (bicyclic) bond motifs is 2. The second-order valence-electron chi connectivity index (χ2n) is 8.81. The smallest absolute Gasteiger partial charge is 0.269 e. The number of nitrogens with zero attached hydrogens (tertiary/aromatic N) is 5. The van der Waals surface area contributed by atoms with Gasteiger partial charge in [-0.3, -0.25) is 4.39 Å². The van der Waals surface area contributed by atoms with E-state index in [0.29, 0.717) is 22.2 Å². The van der Waals surface area contributed by atoms with Gasteiger partial charge < -0.3 is 4.98 Å². The van der Waals surface area contributed by atoms with Gasteiger partial charge in [-0.25, -0.2) is 32.3 Å². The Morgan fingerprint density at radius 2 is 1.22 bits per heavy atom. The van der Waals surface area contributed by atoms with E-state index >= 15 is 0 Å². The minimum absolute atomic E-state index is 0.184. The molecule has 0 aliphatic carbocycles. The highest BCUT2D eigenvalue weighted by molar-refractivity contribution is 7.90. The van der Waals surface area contributed by atoms with E-state index in [0.717, 1.165) is 26.1 Å². The van der Waals surface area contributed by atoms with Crippen molar-refractivity contribution >= 4 is 55.3 Å². The lowest BCUT2D eigenvalue weighted by atomic mass is 10.2. The zero-order valence-corrected chi connectivity index (χ0v) is 26.0. The van der Waals surface area contributed by atoms with Crippen LogP contribution in [0.25, 0.3) is 44.8 Å². The van der Waals surface area contributed by atoms with Crippen molar-refractivity contribution in [2.24, 2.45) is 0 Å². The van der Waals surface area contributed by atoms with E-state index in [1.807, 2.05) is 66.7 Å². The molecule has 228 valence electrons. The Bertz CT molecular complexity index is 2130. The predicted octanol–water partition coefficient (Wildman–Crippen LogP) is 8.65. The molecule has 8 nitrogen and oxygen atoms in total. The third kappa shape index (κ3) is 7.26. The van der Waals surface area contributed by atoms with Crippen molar-refractivity contribution in [2.75, 3.05) is 7.15 Å². The van der Waals surface area contributed by atoms with Crippen LogP contribution in [0.2, 0.25) is 10.3 Å². The number of hydrogen-bond acceptors (Lipinski definition) is 6. The van der Waals surface area contributed by atoms with Crippen LogP contribution in [0.1, 0.15) is 1.37 Å². The first-order valence-electron chi connectivity index (χ1n) is 13.9. The maximum Gasteiger partial charge on any atom is 0.269 e. The molecule has 0 amide bonds. The van der Waals surface area contributed by atoms with E-state index in [2.05, 4.69) is 38.1 Å². The van der Waals surface area contributed by atoms with Gasteiger partial charge in [0, 0.05) is 23.5 Å². The molecule has 1 N–H and O–H groups in total. The average molecular weight is 663 g/mol. The van der Waals surface area contributed by atoms with Crippen LogP contribution in [0, 0.1) is 0 Å². The van der Waals surface area contributed by atoms with Crippen molar-refractivity contribution < 1.29 is 14.2 Å². The number of H-pyrrole nitrogens is 1. The molecule has 0 atom stereocenters. The van der Waals surface area contributed by atoms with Crippen LogP contribution < -0.4 is 0 Å². The molecule has 3 aromatic carbocycles. The van der Waals surface area contributed by atoms with Gasteiger partial charge in [-0.15, -0.1) is 13.2 Å². The number of hydrogen-bond donors (Lipinski definition) is 1. The molecule has 12 heteroatoms. The summed E-state index contributed by atoms with van der Waals surface area (Å²) in [5.41, 5.74) is 2.73. The van der Waals surface area contributed by atoms with E-state index in [9.17, 15) is 12.8 Å². The zero-order valence-electron chi connectivity index (χ0n) is 24.7. The van der Waals surface area contributed by atoms with Gasteiger partial charge in [0.15, 0.2) is 17.3 Å². The maximum absolute atomic E-state index is 12.9. The van der Waals surface area contributed by atoms with Crippen LogP contribution >= 0.6 is 23.2 Å². The van der Waals surface area contributed by atoms with Crippen molar-refractivity contribution in [3.05, 3.63) is 139 Å². The fraction of sp³-hybridized carbons (Fsp3) is 0.0303. The fourth-order valence-corrected chi connectivity index (χ4v) is 5.97. The molecule has 0 bridgehead atoms. The third-order valence-corrected chi connectivity index (χ3v) is 8.45. The van der Waals surface area contributed by atoms with Gasteiger partial charge in [0.1, 0.15) is 16.0 Å². The number of aromatic nitrogens is 6. The molecule has 0 aliphatic heterocycles. The monoisotopic (exact) mass is 661 g/mol. The lowest BCUT2D eigenvalue weighted by molar-refractivity contribution is 0.589. The molecule has 0 saturated heterocycles. The molecule has 0 unspecified atom stereocenters. The highest BCUT2D eigenvalue weighted by Gasteiger charge is 2.21. The van der Waals surface area contributed by atoms with Crippen molar-refractivity contribution in [3.63, 3.8) is 0 Å². The Morgan fingerprint density at radius 1 is 0.733 bits per heavy atom. The van der Waals surface area contributed by atoms with Gasteiger partial charge in [0.25, 0.3) is 10.0 Å². The van der Waals surface area contributed by atoms with E-state index in [1.54, 1.807) is 42.6 Å². The fourth-order valence-electron chi connectivity index (χ4n) is 4.19. The summed E-state index contributed by atoms with van der Waals surface area (Å²) in [7, 11) is -4.77. The summed E-state index contributed by atoms with van der Waals surface area (Å²) in [6.07, 6.45) is 3.25. The Balaban J connectivity index is 0.000000196. The molecule has 45 heavy (non-hydrogen) atoms.